The number of nitrogens with zero attached hydrogens (tertiary/aromatic N) is 3. The lowest BCUT2D eigenvalue weighted by Gasteiger charge is -2.03. The molecule has 0 fully saturated rings. The predicted molar refractivity (Wildman–Crippen MR) is 101 cm³/mol. The Kier molecular flexibility index (Phi) is 4.50. The predicted octanol–water partition coefficient (Wildman–Crippen LogP) is 5.59. The molecule has 0 aliphatic carbocycles. The highest BCUT2D eigenvalue weighted by Gasteiger charge is 2.09. The summed E-state index contributed by atoms with van der Waals surface area (Å²) in [6.07, 6.45) is 5.48. The minimum Gasteiger partial charge on any atom is -0.412 e. The molecule has 2 heterocycles. The van der Waals surface area contributed by atoms with Crippen LogP contribution >= 0.6 is 23.4 Å². The van der Waals surface area contributed by atoms with E-state index < -0.39 is 0 Å². The van der Waals surface area contributed by atoms with Gasteiger partial charge in [0.2, 0.25) is 5.89 Å². The van der Waals surface area contributed by atoms with E-state index in [9.17, 15) is 0 Å². The van der Waals surface area contributed by atoms with Gasteiger partial charge in [0, 0.05) is 27.6 Å². The van der Waals surface area contributed by atoms with Crippen molar-refractivity contribution >= 4 is 46.4 Å². The number of fused-ring (bicyclic) bond motifs is 1. The molecule has 0 aliphatic rings. The summed E-state index contributed by atoms with van der Waals surface area (Å²) < 4.78 is 5.69. The normalized spacial score (nSPS) is 11.4. The number of pyridine rings is 1. The van der Waals surface area contributed by atoms with Crippen molar-refractivity contribution in [1.82, 2.24) is 15.2 Å². The van der Waals surface area contributed by atoms with Gasteiger partial charge in [-0.05, 0) is 41.6 Å². The quantitative estimate of drug-likeness (QED) is 0.471. The second kappa shape index (κ2) is 7.09. The maximum Gasteiger partial charge on any atom is 0.281 e. The Morgan fingerprint density at radius 3 is 2.72 bits per heavy atom. The lowest BCUT2D eigenvalue weighted by molar-refractivity contribution is 0.446. The van der Waals surface area contributed by atoms with Crippen LogP contribution in [0.1, 0.15) is 11.5 Å². The first kappa shape index (κ1) is 15.9. The van der Waals surface area contributed by atoms with Crippen molar-refractivity contribution in [1.29, 1.82) is 0 Å². The molecule has 0 N–H and O–H groups in total. The van der Waals surface area contributed by atoms with Crippen molar-refractivity contribution < 1.29 is 4.42 Å². The molecule has 25 heavy (non-hydrogen) atoms. The third-order valence-electron chi connectivity index (χ3n) is 3.50. The molecule has 2 aromatic carbocycles. The zero-order valence-corrected chi connectivity index (χ0v) is 14.5. The number of halogens is 1. The topological polar surface area (TPSA) is 51.8 Å². The third kappa shape index (κ3) is 3.73. The largest absolute Gasteiger partial charge is 0.412 e. The fourth-order valence-electron chi connectivity index (χ4n) is 2.34. The third-order valence-corrected chi connectivity index (χ3v) is 4.65. The van der Waals surface area contributed by atoms with E-state index in [0.29, 0.717) is 16.1 Å². The highest BCUT2D eigenvalue weighted by molar-refractivity contribution is 7.99. The van der Waals surface area contributed by atoms with E-state index in [1.807, 2.05) is 60.7 Å². The van der Waals surface area contributed by atoms with Crippen molar-refractivity contribution in [3.05, 3.63) is 77.3 Å². The average molecular weight is 366 g/mol. The molecule has 0 radical (unpaired) electrons. The lowest BCUT2D eigenvalue weighted by Crippen LogP contribution is -1.82. The van der Waals surface area contributed by atoms with Gasteiger partial charge < -0.3 is 4.42 Å². The zero-order valence-electron chi connectivity index (χ0n) is 13.0. The molecule has 0 amide bonds. The molecular weight excluding hydrogens is 354 g/mol. The van der Waals surface area contributed by atoms with Gasteiger partial charge in [-0.15, -0.1) is 10.2 Å². The van der Waals surface area contributed by atoms with Gasteiger partial charge in [0.15, 0.2) is 0 Å². The Hall–Kier alpha value is -2.63. The van der Waals surface area contributed by atoms with Crippen molar-refractivity contribution in [3.63, 3.8) is 0 Å². The highest BCUT2D eigenvalue weighted by Crippen LogP contribution is 2.33. The SMILES string of the molecule is Clc1ccc2c(Sc3nnc(/C=C/c4ccccc4)o3)ccnc2c1. The molecule has 0 atom stereocenters. The van der Waals surface area contributed by atoms with Gasteiger partial charge >= 0.3 is 0 Å². The van der Waals surface area contributed by atoms with E-state index in [0.717, 1.165) is 21.4 Å². The first-order valence-corrected chi connectivity index (χ1v) is 8.76. The molecule has 6 heteroatoms. The van der Waals surface area contributed by atoms with Crippen LogP contribution in [0.5, 0.6) is 0 Å². The average Bonchev–Trinajstić information content (AvgIpc) is 3.08. The fourth-order valence-corrected chi connectivity index (χ4v) is 3.31. The standard InChI is InChI=1S/C19H12ClN3OS/c20-14-7-8-15-16(12-14)21-11-10-17(15)25-19-23-22-18(24-19)9-6-13-4-2-1-3-5-13/h1-12H/b9-6+. The van der Waals surface area contributed by atoms with Crippen molar-refractivity contribution in [2.75, 3.05) is 0 Å². The number of hydrogen-bond acceptors (Lipinski definition) is 5. The van der Waals surface area contributed by atoms with Gasteiger partial charge in [-0.25, -0.2) is 0 Å². The molecule has 2 aromatic heterocycles. The minimum atomic E-state index is 0.466. The second-order valence-corrected chi connectivity index (χ2v) is 6.65. The molecule has 0 saturated heterocycles. The second-order valence-electron chi connectivity index (χ2n) is 5.22. The monoisotopic (exact) mass is 365 g/mol. The summed E-state index contributed by atoms with van der Waals surface area (Å²) in [6.45, 7) is 0. The first-order chi connectivity index (χ1) is 12.3. The van der Waals surface area contributed by atoms with Gasteiger partial charge in [-0.2, -0.15) is 0 Å². The molecule has 0 saturated carbocycles. The number of hydrogen-bond donors (Lipinski definition) is 0. The molecule has 0 spiro atoms. The van der Waals surface area contributed by atoms with Gasteiger partial charge in [-0.3, -0.25) is 4.98 Å². The van der Waals surface area contributed by atoms with Crippen LogP contribution in [0.2, 0.25) is 5.02 Å². The van der Waals surface area contributed by atoms with Gasteiger partial charge in [0.1, 0.15) is 0 Å². The van der Waals surface area contributed by atoms with Crippen LogP contribution in [0.25, 0.3) is 23.1 Å². The molecule has 122 valence electrons. The van der Waals surface area contributed by atoms with E-state index in [1.165, 1.54) is 11.8 Å². The summed E-state index contributed by atoms with van der Waals surface area (Å²) >= 11 is 7.43. The molecule has 0 aliphatic heterocycles. The van der Waals surface area contributed by atoms with E-state index in [1.54, 1.807) is 12.3 Å². The first-order valence-electron chi connectivity index (χ1n) is 7.57. The molecule has 4 aromatic rings. The van der Waals surface area contributed by atoms with Crippen molar-refractivity contribution in [2.24, 2.45) is 0 Å². The van der Waals surface area contributed by atoms with E-state index in [2.05, 4.69) is 15.2 Å². The van der Waals surface area contributed by atoms with Crippen LogP contribution in [0.3, 0.4) is 0 Å². The van der Waals surface area contributed by atoms with Gasteiger partial charge in [0.05, 0.1) is 5.52 Å². The number of rotatable bonds is 4. The zero-order chi connectivity index (χ0) is 17.1. The maximum atomic E-state index is 6.02. The van der Waals surface area contributed by atoms with Crippen LogP contribution in [0.4, 0.5) is 0 Å². The van der Waals surface area contributed by atoms with E-state index in [4.69, 9.17) is 16.0 Å². The summed E-state index contributed by atoms with van der Waals surface area (Å²) in [5.74, 6) is 0.466. The summed E-state index contributed by atoms with van der Waals surface area (Å²) in [6, 6.07) is 17.5. The fraction of sp³-hybridized carbons (Fsp3) is 0. The Balaban J connectivity index is 1.56. The van der Waals surface area contributed by atoms with Crippen LogP contribution in [-0.2, 0) is 0 Å². The van der Waals surface area contributed by atoms with E-state index >= 15 is 0 Å². The minimum absolute atomic E-state index is 0.466. The molecular formula is C19H12ClN3OS. The Morgan fingerprint density at radius 2 is 1.84 bits per heavy atom. The summed E-state index contributed by atoms with van der Waals surface area (Å²) in [5, 5.41) is 10.3. The summed E-state index contributed by atoms with van der Waals surface area (Å²) in [4.78, 5) is 5.33. The highest BCUT2D eigenvalue weighted by atomic mass is 35.5. The Labute approximate surface area is 153 Å². The molecule has 0 unspecified atom stereocenters. The summed E-state index contributed by atoms with van der Waals surface area (Å²) in [5.41, 5.74) is 1.91. The van der Waals surface area contributed by atoms with Crippen molar-refractivity contribution in [2.45, 2.75) is 10.1 Å². The van der Waals surface area contributed by atoms with Crippen molar-refractivity contribution in [3.8, 4) is 0 Å². The van der Waals surface area contributed by atoms with Crippen LogP contribution in [-0.4, -0.2) is 15.2 Å². The Bertz CT molecular complexity index is 1050. The number of benzene rings is 2. The van der Waals surface area contributed by atoms with E-state index in [-0.39, 0.29) is 0 Å². The molecule has 0 bridgehead atoms. The van der Waals surface area contributed by atoms with Crippen LogP contribution in [0, 0.1) is 0 Å². The number of aromatic nitrogens is 3. The van der Waals surface area contributed by atoms with Gasteiger partial charge in [-0.1, -0.05) is 48.0 Å². The van der Waals surface area contributed by atoms with Crippen LogP contribution < -0.4 is 0 Å². The molecule has 4 nitrogen and oxygen atoms in total. The summed E-state index contributed by atoms with van der Waals surface area (Å²) in [7, 11) is 0. The lowest BCUT2D eigenvalue weighted by atomic mass is 10.2. The Morgan fingerprint density at radius 1 is 0.960 bits per heavy atom. The van der Waals surface area contributed by atoms with Crippen LogP contribution in [0.15, 0.2) is 75.3 Å². The maximum absolute atomic E-state index is 6.02. The molecule has 4 rings (SSSR count). The smallest absolute Gasteiger partial charge is 0.281 e. The van der Waals surface area contributed by atoms with Gasteiger partial charge in [0.25, 0.3) is 5.22 Å².